The molecule has 1 heterocycles. The van der Waals surface area contributed by atoms with E-state index in [1.807, 2.05) is 24.3 Å². The number of nitrogen functional groups attached to an aromatic ring is 1. The summed E-state index contributed by atoms with van der Waals surface area (Å²) in [5, 5.41) is 25.9. The van der Waals surface area contributed by atoms with Gasteiger partial charge in [-0.2, -0.15) is 0 Å². The smallest absolute Gasteiger partial charge is 0.131 e. The standard InChI is InChI=1S/4C18H15P.C11H10N2O.Pd/c4*1-4-10-16(11-5-1)19(17-12-6-2-7-13-17)18-14-8-3-9-15-18;12-11-10(2-1-7-13-11)8-3-5-9(14)6-4-8;/h4*1-15H;1-7,14H,(H2,12,13);. The Hall–Kier alpha value is -9.01. The van der Waals surface area contributed by atoms with E-state index in [4.69, 9.17) is 10.8 Å². The Bertz CT molecular complexity index is 3370. The number of phenolic OH excluding ortho intramolecular Hbond substituents is 1. The number of rotatable bonds is 13. The first-order chi connectivity index (χ1) is 44.6. The molecule has 13 aromatic carbocycles. The molecule has 0 spiro atoms. The molecule has 14 aromatic rings. The molecule has 1 aromatic heterocycles. The summed E-state index contributed by atoms with van der Waals surface area (Å²) in [5.41, 5.74) is 7.55. The molecule has 448 valence electrons. The predicted octanol–water partition coefficient (Wildman–Crippen LogP) is 15.8. The third-order valence-electron chi connectivity index (χ3n) is 14.2. The third kappa shape index (κ3) is 19.7. The van der Waals surface area contributed by atoms with Crippen LogP contribution in [0.1, 0.15) is 0 Å². The molecule has 0 aliphatic heterocycles. The van der Waals surface area contributed by atoms with Crippen molar-refractivity contribution in [3.63, 3.8) is 0 Å². The number of nitrogens with two attached hydrogens (primary N) is 1. The number of hydrogen-bond donors (Lipinski definition) is 2. The Balaban J connectivity index is 0.000000135. The number of nitrogens with zero attached hydrogens (tertiary/aromatic N) is 1. The van der Waals surface area contributed by atoms with Crippen molar-refractivity contribution in [2.45, 2.75) is 0 Å². The van der Waals surface area contributed by atoms with Gasteiger partial charge in [-0.15, -0.1) is 0 Å². The minimum atomic E-state index is -0.446. The third-order valence-corrected chi connectivity index (χ3v) is 24.0. The Morgan fingerprint density at radius 1 is 0.209 bits per heavy atom. The normalized spacial score (nSPS) is 10.4. The monoisotopic (exact) mass is 1340 g/mol. The first-order valence-corrected chi connectivity index (χ1v) is 35.2. The van der Waals surface area contributed by atoms with Gasteiger partial charge >= 0.3 is 0 Å². The number of phenols is 1. The van der Waals surface area contributed by atoms with Crippen molar-refractivity contribution in [3.05, 3.63) is 407 Å². The van der Waals surface area contributed by atoms with E-state index in [0.29, 0.717) is 5.82 Å². The van der Waals surface area contributed by atoms with Gasteiger partial charge in [0.1, 0.15) is 11.6 Å². The topological polar surface area (TPSA) is 59.1 Å². The van der Waals surface area contributed by atoms with Crippen LogP contribution in [0, 0.1) is 0 Å². The molecule has 0 bridgehead atoms. The van der Waals surface area contributed by atoms with Crippen molar-refractivity contribution in [1.29, 1.82) is 0 Å². The SMILES string of the molecule is Nc1ncccc1-c1ccc(O)cc1.[Pd].c1ccc(P(c2ccccc2)c2ccccc2)cc1.c1ccc(P(c2ccccc2)c2ccccc2)cc1.c1ccc(P(c2ccccc2)c2ccccc2)cc1.c1ccc(P(c2ccccc2)c2ccccc2)cc1. The van der Waals surface area contributed by atoms with Gasteiger partial charge in [-0.25, -0.2) is 4.98 Å². The summed E-state index contributed by atoms with van der Waals surface area (Å²) in [6, 6.07) is 140. The summed E-state index contributed by atoms with van der Waals surface area (Å²) >= 11 is 0. The Morgan fingerprint density at radius 3 is 0.527 bits per heavy atom. The van der Waals surface area contributed by atoms with Gasteiger partial charge in [0.25, 0.3) is 0 Å². The fourth-order valence-corrected chi connectivity index (χ4v) is 19.2. The Kier molecular flexibility index (Phi) is 26.7. The van der Waals surface area contributed by atoms with Gasteiger partial charge in [0.15, 0.2) is 0 Å². The van der Waals surface area contributed by atoms with Gasteiger partial charge in [0.2, 0.25) is 0 Å². The number of aromatic nitrogens is 1. The van der Waals surface area contributed by atoms with E-state index in [-0.39, 0.29) is 26.2 Å². The van der Waals surface area contributed by atoms with Crippen LogP contribution >= 0.6 is 31.7 Å². The molecule has 0 aliphatic rings. The zero-order chi connectivity index (χ0) is 61.6. The van der Waals surface area contributed by atoms with Crippen LogP contribution in [0.15, 0.2) is 407 Å². The van der Waals surface area contributed by atoms with Crippen molar-refractivity contribution in [2.24, 2.45) is 0 Å². The minimum Gasteiger partial charge on any atom is -0.508 e. The molecule has 0 fully saturated rings. The molecule has 0 amide bonds. The van der Waals surface area contributed by atoms with Crippen molar-refractivity contribution in [1.82, 2.24) is 4.98 Å². The van der Waals surface area contributed by atoms with Crippen LogP contribution in [0.4, 0.5) is 5.82 Å². The van der Waals surface area contributed by atoms with Crippen LogP contribution in [0.5, 0.6) is 5.75 Å². The average Bonchev–Trinajstić information content (AvgIpc) is 2.07. The quantitative estimate of drug-likeness (QED) is 0.0893. The predicted molar refractivity (Wildman–Crippen MR) is 396 cm³/mol. The summed E-state index contributed by atoms with van der Waals surface area (Å²) in [7, 11) is -1.78. The number of aromatic hydroxyl groups is 1. The van der Waals surface area contributed by atoms with E-state index in [2.05, 4.69) is 369 Å². The molecule has 91 heavy (non-hydrogen) atoms. The number of hydrogen-bond acceptors (Lipinski definition) is 3. The fourth-order valence-electron chi connectivity index (χ4n) is 10.0. The minimum absolute atomic E-state index is 0. The Morgan fingerprint density at radius 2 is 0.374 bits per heavy atom. The molecule has 8 heteroatoms. The largest absolute Gasteiger partial charge is 0.508 e. The summed E-state index contributed by atoms with van der Waals surface area (Å²) in [4.78, 5) is 3.99. The van der Waals surface area contributed by atoms with Crippen LogP contribution in [0.25, 0.3) is 11.1 Å². The van der Waals surface area contributed by atoms with Crippen LogP contribution in [-0.2, 0) is 20.4 Å². The van der Waals surface area contributed by atoms with Gasteiger partial charge in [-0.05, 0) is 125 Å². The van der Waals surface area contributed by atoms with E-state index in [0.717, 1.165) is 11.1 Å². The van der Waals surface area contributed by atoms with E-state index in [1.165, 1.54) is 63.7 Å². The maximum absolute atomic E-state index is 9.13. The molecule has 0 radical (unpaired) electrons. The van der Waals surface area contributed by atoms with E-state index < -0.39 is 31.7 Å². The number of anilines is 1. The zero-order valence-electron chi connectivity index (χ0n) is 50.3. The molecular weight excluding hydrogens is 1270 g/mol. The first kappa shape index (κ1) is 66.4. The molecular formula is C83H70N2OP4Pd. The van der Waals surface area contributed by atoms with Gasteiger partial charge in [0.05, 0.1) is 0 Å². The molecule has 14 rings (SSSR count). The average molecular weight is 1340 g/mol. The fraction of sp³-hybridized carbons (Fsp3) is 0. The second kappa shape index (κ2) is 36.6. The maximum Gasteiger partial charge on any atom is 0.131 e. The van der Waals surface area contributed by atoms with E-state index in [1.54, 1.807) is 18.3 Å². The summed E-state index contributed by atoms with van der Waals surface area (Å²) < 4.78 is 0. The van der Waals surface area contributed by atoms with Crippen molar-refractivity contribution >= 4 is 101 Å². The molecule has 3 N–H and O–H groups in total. The van der Waals surface area contributed by atoms with Crippen LogP contribution < -0.4 is 69.4 Å². The Labute approximate surface area is 556 Å². The van der Waals surface area contributed by atoms with Crippen molar-refractivity contribution < 1.29 is 25.5 Å². The number of benzene rings is 13. The maximum atomic E-state index is 9.13. The second-order valence-electron chi connectivity index (χ2n) is 20.4. The van der Waals surface area contributed by atoms with Gasteiger partial charge < -0.3 is 10.8 Å². The second-order valence-corrected chi connectivity index (χ2v) is 29.2. The molecule has 0 saturated heterocycles. The zero-order valence-corrected chi connectivity index (χ0v) is 55.4. The summed E-state index contributed by atoms with van der Waals surface area (Å²) in [6.07, 6.45) is 1.65. The van der Waals surface area contributed by atoms with Crippen LogP contribution in [0.3, 0.4) is 0 Å². The van der Waals surface area contributed by atoms with Crippen molar-refractivity contribution in [3.8, 4) is 16.9 Å². The first-order valence-electron chi connectivity index (χ1n) is 29.9. The van der Waals surface area contributed by atoms with Crippen molar-refractivity contribution in [2.75, 3.05) is 5.73 Å². The van der Waals surface area contributed by atoms with Gasteiger partial charge in [-0.1, -0.05) is 376 Å². The van der Waals surface area contributed by atoms with E-state index >= 15 is 0 Å². The van der Waals surface area contributed by atoms with Crippen LogP contribution in [-0.4, -0.2) is 10.1 Å². The van der Waals surface area contributed by atoms with Crippen LogP contribution in [0.2, 0.25) is 0 Å². The molecule has 3 nitrogen and oxygen atoms in total. The van der Waals surface area contributed by atoms with E-state index in [9.17, 15) is 0 Å². The summed E-state index contributed by atoms with van der Waals surface area (Å²) in [5.74, 6) is 0.745. The van der Waals surface area contributed by atoms with Gasteiger partial charge in [0, 0.05) is 32.2 Å². The molecule has 0 aliphatic carbocycles. The summed E-state index contributed by atoms with van der Waals surface area (Å²) in [6.45, 7) is 0. The molecule has 0 saturated carbocycles. The molecule has 0 atom stereocenters. The number of pyridine rings is 1. The molecule has 0 unspecified atom stereocenters. The van der Waals surface area contributed by atoms with Gasteiger partial charge in [-0.3, -0.25) is 0 Å².